The number of ether oxygens (including phenoxy) is 1. The molecule has 1 unspecified atom stereocenters. The summed E-state index contributed by atoms with van der Waals surface area (Å²) in [6.07, 6.45) is -0.447. The summed E-state index contributed by atoms with van der Waals surface area (Å²) in [5.74, 6) is 0.288. The van der Waals surface area contributed by atoms with Gasteiger partial charge in [0.15, 0.2) is 0 Å². The summed E-state index contributed by atoms with van der Waals surface area (Å²) in [6.45, 7) is 0.687. The average Bonchev–Trinajstić information content (AvgIpc) is 2.78. The summed E-state index contributed by atoms with van der Waals surface area (Å²) in [7, 11) is 0. The highest BCUT2D eigenvalue weighted by molar-refractivity contribution is 6.18. The zero-order valence-corrected chi connectivity index (χ0v) is 6.54. The number of alkyl halides is 1. The van der Waals surface area contributed by atoms with Crippen molar-refractivity contribution in [2.75, 3.05) is 19.0 Å². The van der Waals surface area contributed by atoms with E-state index >= 15 is 0 Å². The highest BCUT2D eigenvalue weighted by Gasteiger charge is 2.39. The Labute approximate surface area is 69.3 Å². The predicted molar refractivity (Wildman–Crippen MR) is 38.2 cm³/mol. The number of carbonyl (C=O) groups excluding carboxylic acids is 1. The fourth-order valence-corrected chi connectivity index (χ4v) is 0.737. The number of carbonyl (C=O) groups is 1. The standard InChI is InChI=1S/C6H7ClN2O2/c7-1-2-11-6(10)9-4-5(9)3-8/h5H,1-2,4H2. The van der Waals surface area contributed by atoms with E-state index in [0.29, 0.717) is 6.54 Å². The molecule has 1 fully saturated rings. The van der Waals surface area contributed by atoms with E-state index in [1.165, 1.54) is 4.90 Å². The number of hydrogen-bond donors (Lipinski definition) is 0. The van der Waals surface area contributed by atoms with E-state index in [4.69, 9.17) is 16.9 Å². The summed E-state index contributed by atoms with van der Waals surface area (Å²) in [6, 6.07) is 1.66. The highest BCUT2D eigenvalue weighted by atomic mass is 35.5. The fraction of sp³-hybridized carbons (Fsp3) is 0.667. The lowest BCUT2D eigenvalue weighted by molar-refractivity contribution is 0.136. The largest absolute Gasteiger partial charge is 0.448 e. The third-order valence-electron chi connectivity index (χ3n) is 1.30. The topological polar surface area (TPSA) is 53.1 Å². The Bertz CT molecular complexity index is 201. The molecule has 1 saturated heterocycles. The van der Waals surface area contributed by atoms with Gasteiger partial charge in [0.1, 0.15) is 12.6 Å². The number of nitriles is 1. The zero-order valence-electron chi connectivity index (χ0n) is 5.79. The van der Waals surface area contributed by atoms with Gasteiger partial charge >= 0.3 is 6.09 Å². The molecule has 4 nitrogen and oxygen atoms in total. The first-order valence-corrected chi connectivity index (χ1v) is 3.72. The van der Waals surface area contributed by atoms with E-state index in [9.17, 15) is 4.79 Å². The maximum Gasteiger partial charge on any atom is 0.411 e. The molecule has 0 spiro atoms. The van der Waals surface area contributed by atoms with Gasteiger partial charge < -0.3 is 4.74 Å². The lowest BCUT2D eigenvalue weighted by Crippen LogP contribution is -2.15. The summed E-state index contributed by atoms with van der Waals surface area (Å²) < 4.78 is 4.65. The Morgan fingerprint density at radius 3 is 3.09 bits per heavy atom. The van der Waals surface area contributed by atoms with Crippen molar-refractivity contribution in [1.29, 1.82) is 5.26 Å². The van der Waals surface area contributed by atoms with Crippen molar-refractivity contribution in [3.63, 3.8) is 0 Å². The van der Waals surface area contributed by atoms with E-state index in [1.54, 1.807) is 0 Å². The fourth-order valence-electron chi connectivity index (χ4n) is 0.660. The lowest BCUT2D eigenvalue weighted by atomic mass is 10.5. The molecule has 0 N–H and O–H groups in total. The third kappa shape index (κ3) is 1.99. The maximum atomic E-state index is 10.8. The van der Waals surface area contributed by atoms with Crippen LogP contribution in [0, 0.1) is 11.3 Å². The normalized spacial score (nSPS) is 20.7. The molecule has 1 aliphatic heterocycles. The molecule has 60 valence electrons. The van der Waals surface area contributed by atoms with Gasteiger partial charge in [-0.1, -0.05) is 0 Å². The van der Waals surface area contributed by atoms with Crippen molar-refractivity contribution in [3.05, 3.63) is 0 Å². The van der Waals surface area contributed by atoms with Crippen LogP contribution in [0.1, 0.15) is 0 Å². The Morgan fingerprint density at radius 2 is 2.64 bits per heavy atom. The number of hydrogen-bond acceptors (Lipinski definition) is 3. The minimum atomic E-state index is -0.447. The monoisotopic (exact) mass is 174 g/mol. The predicted octanol–water partition coefficient (Wildman–Crippen LogP) is 0.570. The summed E-state index contributed by atoms with van der Waals surface area (Å²) in [4.78, 5) is 12.2. The third-order valence-corrected chi connectivity index (χ3v) is 1.45. The van der Waals surface area contributed by atoms with Crippen molar-refractivity contribution in [1.82, 2.24) is 4.90 Å². The molecule has 11 heavy (non-hydrogen) atoms. The minimum absolute atomic E-state index is 0.203. The van der Waals surface area contributed by atoms with Crippen molar-refractivity contribution in [2.24, 2.45) is 0 Å². The molecular weight excluding hydrogens is 168 g/mol. The molecule has 1 atom stereocenters. The molecule has 0 aromatic heterocycles. The first kappa shape index (κ1) is 8.15. The van der Waals surface area contributed by atoms with Crippen molar-refractivity contribution in [3.8, 4) is 6.07 Å². The number of amides is 1. The van der Waals surface area contributed by atoms with Crippen LogP contribution in [0.4, 0.5) is 4.79 Å². The Balaban J connectivity index is 2.19. The van der Waals surface area contributed by atoms with Crippen LogP contribution in [0.5, 0.6) is 0 Å². The molecule has 5 heteroatoms. The smallest absolute Gasteiger partial charge is 0.411 e. The van der Waals surface area contributed by atoms with Crippen LogP contribution in [0.3, 0.4) is 0 Å². The molecule has 0 bridgehead atoms. The SMILES string of the molecule is N#CC1CN1C(=O)OCCCl. The van der Waals surface area contributed by atoms with E-state index < -0.39 is 6.09 Å². The summed E-state index contributed by atoms with van der Waals surface area (Å²) in [5, 5.41) is 8.33. The maximum absolute atomic E-state index is 10.8. The summed E-state index contributed by atoms with van der Waals surface area (Å²) in [5.41, 5.74) is 0. The van der Waals surface area contributed by atoms with Crippen LogP contribution in [0.2, 0.25) is 0 Å². The zero-order chi connectivity index (χ0) is 8.27. The second-order valence-corrected chi connectivity index (χ2v) is 2.48. The second-order valence-electron chi connectivity index (χ2n) is 2.10. The molecular formula is C6H7ClN2O2. The van der Waals surface area contributed by atoms with Crippen molar-refractivity contribution < 1.29 is 9.53 Å². The van der Waals surface area contributed by atoms with Gasteiger partial charge in [0.25, 0.3) is 0 Å². The Kier molecular flexibility index (Phi) is 2.55. The molecule has 0 aromatic carbocycles. The highest BCUT2D eigenvalue weighted by Crippen LogP contribution is 2.16. The molecule has 0 aromatic rings. The van der Waals surface area contributed by atoms with Gasteiger partial charge in [-0.25, -0.2) is 4.79 Å². The van der Waals surface area contributed by atoms with Gasteiger partial charge in [0.2, 0.25) is 0 Å². The number of nitrogens with zero attached hydrogens (tertiary/aromatic N) is 2. The van der Waals surface area contributed by atoms with Crippen LogP contribution in [0.15, 0.2) is 0 Å². The lowest BCUT2D eigenvalue weighted by Gasteiger charge is -2.01. The first-order valence-electron chi connectivity index (χ1n) is 3.18. The molecule has 1 heterocycles. The Morgan fingerprint density at radius 1 is 1.91 bits per heavy atom. The van der Waals surface area contributed by atoms with Crippen LogP contribution < -0.4 is 0 Å². The van der Waals surface area contributed by atoms with E-state index in [2.05, 4.69) is 4.74 Å². The van der Waals surface area contributed by atoms with Gasteiger partial charge in [0.05, 0.1) is 18.5 Å². The van der Waals surface area contributed by atoms with Crippen LogP contribution >= 0.6 is 11.6 Å². The molecule has 0 aliphatic carbocycles. The quantitative estimate of drug-likeness (QED) is 0.454. The van der Waals surface area contributed by atoms with Gasteiger partial charge in [0, 0.05) is 0 Å². The molecule has 0 radical (unpaired) electrons. The van der Waals surface area contributed by atoms with Crippen LogP contribution in [-0.4, -0.2) is 36.1 Å². The molecule has 1 aliphatic rings. The van der Waals surface area contributed by atoms with E-state index in [1.807, 2.05) is 6.07 Å². The average molecular weight is 175 g/mol. The van der Waals surface area contributed by atoms with E-state index in [-0.39, 0.29) is 18.5 Å². The second kappa shape index (κ2) is 3.44. The number of rotatable bonds is 2. The Hall–Kier alpha value is -0.950. The molecule has 1 amide bonds. The minimum Gasteiger partial charge on any atom is -0.448 e. The van der Waals surface area contributed by atoms with Crippen molar-refractivity contribution in [2.45, 2.75) is 6.04 Å². The van der Waals surface area contributed by atoms with E-state index in [0.717, 1.165) is 0 Å². The van der Waals surface area contributed by atoms with Gasteiger partial charge in [-0.2, -0.15) is 5.26 Å². The first-order chi connectivity index (χ1) is 5.29. The molecule has 0 saturated carbocycles. The van der Waals surface area contributed by atoms with Gasteiger partial charge in [-0.05, 0) is 0 Å². The van der Waals surface area contributed by atoms with Crippen LogP contribution in [0.25, 0.3) is 0 Å². The van der Waals surface area contributed by atoms with Gasteiger partial charge in [-0.15, -0.1) is 11.6 Å². The summed E-state index contributed by atoms with van der Waals surface area (Å²) >= 11 is 5.28. The van der Waals surface area contributed by atoms with Crippen molar-refractivity contribution >= 4 is 17.7 Å². The van der Waals surface area contributed by atoms with Crippen LogP contribution in [-0.2, 0) is 4.74 Å². The molecule has 1 rings (SSSR count). The van der Waals surface area contributed by atoms with Gasteiger partial charge in [-0.3, -0.25) is 4.90 Å². The number of halogens is 1.